The maximum Gasteiger partial charge on any atom is 0.0575 e. The number of ether oxygens (including phenoxy) is 2. The van der Waals surface area contributed by atoms with Crippen LogP contribution in [0.4, 0.5) is 0 Å². The highest BCUT2D eigenvalue weighted by Crippen LogP contribution is 2.43. The van der Waals surface area contributed by atoms with Crippen LogP contribution in [-0.4, -0.2) is 25.4 Å². The van der Waals surface area contributed by atoms with E-state index in [0.717, 1.165) is 48.7 Å². The summed E-state index contributed by atoms with van der Waals surface area (Å²) in [4.78, 5) is 0. The summed E-state index contributed by atoms with van der Waals surface area (Å²) in [6.07, 6.45) is 45.9. The van der Waals surface area contributed by atoms with E-state index in [9.17, 15) is 0 Å². The third-order valence-corrected chi connectivity index (χ3v) is 14.8. The van der Waals surface area contributed by atoms with Crippen molar-refractivity contribution in [1.82, 2.24) is 0 Å². The Labute approximate surface area is 324 Å². The molecule has 0 unspecified atom stereocenters. The first kappa shape index (κ1) is 42.3. The van der Waals surface area contributed by atoms with Gasteiger partial charge in [0.2, 0.25) is 0 Å². The molecule has 0 spiro atoms. The average Bonchev–Trinajstić information content (AvgIpc) is 3.20. The maximum atomic E-state index is 6.29. The zero-order valence-corrected chi connectivity index (χ0v) is 34.8. The van der Waals surface area contributed by atoms with Crippen molar-refractivity contribution in [3.8, 4) is 0 Å². The number of hydrogen-bond donors (Lipinski definition) is 0. The first-order valence-corrected chi connectivity index (χ1v) is 24.0. The van der Waals surface area contributed by atoms with E-state index in [1.54, 1.807) is 11.1 Å². The van der Waals surface area contributed by atoms with Crippen molar-refractivity contribution in [2.24, 2.45) is 23.7 Å². The lowest BCUT2D eigenvalue weighted by Crippen LogP contribution is -2.23. The molecule has 0 saturated heterocycles. The summed E-state index contributed by atoms with van der Waals surface area (Å²) in [5.41, 5.74) is 3.34. The van der Waals surface area contributed by atoms with Crippen molar-refractivity contribution >= 4 is 0 Å². The molecule has 52 heavy (non-hydrogen) atoms. The molecule has 298 valence electrons. The van der Waals surface area contributed by atoms with E-state index in [1.807, 2.05) is 0 Å². The van der Waals surface area contributed by atoms with Crippen molar-refractivity contribution in [3.05, 3.63) is 35.4 Å². The van der Waals surface area contributed by atoms with Gasteiger partial charge in [-0.25, -0.2) is 0 Å². The predicted octanol–water partition coefficient (Wildman–Crippen LogP) is 15.7. The highest BCUT2D eigenvalue weighted by molar-refractivity contribution is 5.29. The van der Waals surface area contributed by atoms with E-state index in [4.69, 9.17) is 9.47 Å². The minimum absolute atomic E-state index is 0.563. The number of hydrogen-bond acceptors (Lipinski definition) is 2. The Balaban J connectivity index is 0.888. The Kier molecular flexibility index (Phi) is 20.6. The molecule has 0 atom stereocenters. The highest BCUT2D eigenvalue weighted by Gasteiger charge is 2.28. The molecule has 0 heterocycles. The fourth-order valence-electron chi connectivity index (χ4n) is 11.0. The minimum Gasteiger partial charge on any atom is -0.378 e. The van der Waals surface area contributed by atoms with E-state index in [1.165, 1.54) is 205 Å². The molecule has 4 saturated carbocycles. The van der Waals surface area contributed by atoms with Crippen LogP contribution in [0.3, 0.4) is 0 Å². The Morgan fingerprint density at radius 2 is 0.731 bits per heavy atom. The molecule has 2 heteroatoms. The van der Waals surface area contributed by atoms with Crippen LogP contribution in [0.15, 0.2) is 24.3 Å². The molecule has 4 aliphatic rings. The molecule has 1 aromatic rings. The Bertz CT molecular complexity index is 926. The van der Waals surface area contributed by atoms with Crippen LogP contribution in [0.5, 0.6) is 0 Å². The fraction of sp³-hybridized carbons (Fsp3) is 0.880. The second-order valence-corrected chi connectivity index (χ2v) is 18.8. The lowest BCUT2D eigenvalue weighted by Gasteiger charge is -2.33. The number of unbranched alkanes of at least 4 members (excludes halogenated alkanes) is 10. The second-order valence-electron chi connectivity index (χ2n) is 18.8. The van der Waals surface area contributed by atoms with Gasteiger partial charge in [-0.1, -0.05) is 128 Å². The Morgan fingerprint density at radius 1 is 0.404 bits per heavy atom. The number of rotatable bonds is 24. The predicted molar refractivity (Wildman–Crippen MR) is 224 cm³/mol. The van der Waals surface area contributed by atoms with Crippen LogP contribution in [0.25, 0.3) is 0 Å². The Morgan fingerprint density at radius 3 is 1.10 bits per heavy atom. The molecule has 1 aromatic carbocycles. The molecule has 4 fully saturated rings. The molecule has 0 aromatic heterocycles. The third kappa shape index (κ3) is 15.7. The molecule has 0 bridgehead atoms. The van der Waals surface area contributed by atoms with E-state index in [-0.39, 0.29) is 0 Å². The van der Waals surface area contributed by atoms with Crippen LogP contribution >= 0.6 is 0 Å². The van der Waals surface area contributed by atoms with Crippen LogP contribution in [0.1, 0.15) is 242 Å². The molecule has 0 radical (unpaired) electrons. The number of benzene rings is 1. The van der Waals surface area contributed by atoms with Gasteiger partial charge in [0.15, 0.2) is 0 Å². The zero-order chi connectivity index (χ0) is 36.1. The van der Waals surface area contributed by atoms with Gasteiger partial charge in [0.25, 0.3) is 0 Å². The normalized spacial score (nSPS) is 30.0. The summed E-state index contributed by atoms with van der Waals surface area (Å²) >= 11 is 0. The van der Waals surface area contributed by atoms with Gasteiger partial charge < -0.3 is 9.47 Å². The summed E-state index contributed by atoms with van der Waals surface area (Å²) in [5.74, 6) is 5.52. The molecule has 0 aliphatic heterocycles. The summed E-state index contributed by atoms with van der Waals surface area (Å²) in [7, 11) is 0. The first-order chi connectivity index (χ1) is 25.7. The van der Waals surface area contributed by atoms with E-state index in [0.29, 0.717) is 12.2 Å². The lowest BCUT2D eigenvalue weighted by atomic mass is 9.73. The standard InChI is InChI=1S/C50H86O2/c1-3-5-7-9-11-13-38-51-49-34-26-43(27-35-49)20-18-41-22-30-45(31-23-41)47-16-15-17-48(40-47)46-32-24-42(25-33-46)19-21-44-28-36-50(37-29-44)52-39-14-12-10-8-6-4-2/h15-17,40-46,49-50H,3-14,18-39H2,1-2H3. The molecule has 0 amide bonds. The third-order valence-electron chi connectivity index (χ3n) is 14.8. The van der Waals surface area contributed by atoms with Gasteiger partial charge in [0.1, 0.15) is 0 Å². The summed E-state index contributed by atoms with van der Waals surface area (Å²) in [5, 5.41) is 0. The van der Waals surface area contributed by atoms with Gasteiger partial charge >= 0.3 is 0 Å². The Hall–Kier alpha value is -0.860. The smallest absolute Gasteiger partial charge is 0.0575 e. The van der Waals surface area contributed by atoms with Gasteiger partial charge in [0.05, 0.1) is 12.2 Å². The average molecular weight is 719 g/mol. The van der Waals surface area contributed by atoms with Crippen molar-refractivity contribution in [2.45, 2.75) is 243 Å². The van der Waals surface area contributed by atoms with Gasteiger partial charge in [-0.3, -0.25) is 0 Å². The monoisotopic (exact) mass is 719 g/mol. The molecule has 2 nitrogen and oxygen atoms in total. The SMILES string of the molecule is CCCCCCCCOC1CCC(CCC2CCC(c3cccc(C4CCC(CCC5CCC(OCCCCCCCC)CC5)CC4)c3)CC2)CC1. The zero-order valence-electron chi connectivity index (χ0n) is 34.8. The van der Waals surface area contributed by atoms with Crippen LogP contribution in [-0.2, 0) is 9.47 Å². The van der Waals surface area contributed by atoms with Crippen molar-refractivity contribution in [3.63, 3.8) is 0 Å². The fourth-order valence-corrected chi connectivity index (χ4v) is 11.0. The van der Waals surface area contributed by atoms with E-state index >= 15 is 0 Å². The maximum absolute atomic E-state index is 6.29. The molecular weight excluding hydrogens is 633 g/mol. The molecule has 0 N–H and O–H groups in total. The first-order valence-electron chi connectivity index (χ1n) is 24.0. The molecule has 4 aliphatic carbocycles. The van der Waals surface area contributed by atoms with Gasteiger partial charge in [-0.15, -0.1) is 0 Å². The summed E-state index contributed by atoms with van der Waals surface area (Å²) in [6, 6.07) is 10.0. The molecular formula is C50H86O2. The topological polar surface area (TPSA) is 18.5 Å². The molecule has 5 rings (SSSR count). The van der Waals surface area contributed by atoms with Gasteiger partial charge in [0, 0.05) is 13.2 Å². The summed E-state index contributed by atoms with van der Waals surface area (Å²) < 4.78 is 12.6. The van der Waals surface area contributed by atoms with Crippen molar-refractivity contribution in [1.29, 1.82) is 0 Å². The van der Waals surface area contributed by atoms with E-state index in [2.05, 4.69) is 38.1 Å². The van der Waals surface area contributed by atoms with Crippen LogP contribution in [0, 0.1) is 23.7 Å². The van der Waals surface area contributed by atoms with Crippen molar-refractivity contribution in [2.75, 3.05) is 13.2 Å². The van der Waals surface area contributed by atoms with Crippen LogP contribution in [0.2, 0.25) is 0 Å². The van der Waals surface area contributed by atoms with Crippen LogP contribution < -0.4 is 0 Å². The van der Waals surface area contributed by atoms with E-state index < -0.39 is 0 Å². The van der Waals surface area contributed by atoms with Gasteiger partial charge in [-0.2, -0.15) is 0 Å². The van der Waals surface area contributed by atoms with Gasteiger partial charge in [-0.05, 0) is 162 Å². The largest absolute Gasteiger partial charge is 0.378 e. The summed E-state index contributed by atoms with van der Waals surface area (Å²) in [6.45, 7) is 6.61. The second kappa shape index (κ2) is 25.3. The quantitative estimate of drug-likeness (QED) is 0.0991. The highest BCUT2D eigenvalue weighted by atomic mass is 16.5. The minimum atomic E-state index is 0.563. The lowest BCUT2D eigenvalue weighted by molar-refractivity contribution is 0.0144. The van der Waals surface area contributed by atoms with Crippen molar-refractivity contribution < 1.29 is 9.47 Å².